The van der Waals surface area contributed by atoms with Gasteiger partial charge in [0.05, 0.1) is 5.92 Å². The monoisotopic (exact) mass is 280 g/mol. The largest absolute Gasteiger partial charge is 0.355 e. The third kappa shape index (κ3) is 3.70. The van der Waals surface area contributed by atoms with E-state index in [1.807, 2.05) is 24.3 Å². The van der Waals surface area contributed by atoms with E-state index < -0.39 is 0 Å². The van der Waals surface area contributed by atoms with E-state index in [0.29, 0.717) is 31.0 Å². The summed E-state index contributed by atoms with van der Waals surface area (Å²) < 4.78 is 0. The molecule has 1 N–H and O–H groups in total. The minimum atomic E-state index is -0.102. The molecule has 1 aromatic carbocycles. The molecule has 1 aliphatic rings. The van der Waals surface area contributed by atoms with Crippen LogP contribution in [0.5, 0.6) is 0 Å². The van der Waals surface area contributed by atoms with Crippen molar-refractivity contribution in [3.8, 4) is 0 Å². The lowest BCUT2D eigenvalue weighted by Gasteiger charge is -2.26. The number of nitrogens with zero attached hydrogens (tertiary/aromatic N) is 1. The highest BCUT2D eigenvalue weighted by Gasteiger charge is 2.26. The van der Waals surface area contributed by atoms with Gasteiger partial charge in [-0.2, -0.15) is 0 Å². The van der Waals surface area contributed by atoms with Gasteiger partial charge in [-0.05, 0) is 24.1 Å². The van der Waals surface area contributed by atoms with E-state index >= 15 is 0 Å². The molecule has 1 aliphatic heterocycles. The van der Waals surface area contributed by atoms with Crippen LogP contribution in [0.1, 0.15) is 18.4 Å². The molecule has 1 atom stereocenters. The summed E-state index contributed by atoms with van der Waals surface area (Å²) in [5.41, 5.74) is 1.04. The summed E-state index contributed by atoms with van der Waals surface area (Å²) in [7, 11) is 1.79. The molecule has 0 spiro atoms. The van der Waals surface area contributed by atoms with Gasteiger partial charge in [0.15, 0.2) is 0 Å². The number of carbonyl (C=O) groups is 2. The van der Waals surface area contributed by atoms with Gasteiger partial charge in [-0.15, -0.1) is 0 Å². The van der Waals surface area contributed by atoms with Crippen LogP contribution >= 0.6 is 11.6 Å². The van der Waals surface area contributed by atoms with Gasteiger partial charge in [-0.1, -0.05) is 23.7 Å². The van der Waals surface area contributed by atoms with Crippen molar-refractivity contribution < 1.29 is 9.59 Å². The lowest BCUT2D eigenvalue weighted by atomic mass is 9.97. The zero-order valence-corrected chi connectivity index (χ0v) is 11.6. The molecule has 0 radical (unpaired) electrons. The molecule has 19 heavy (non-hydrogen) atoms. The molecule has 4 nitrogen and oxygen atoms in total. The van der Waals surface area contributed by atoms with E-state index in [1.54, 1.807) is 11.9 Å². The molecule has 0 bridgehead atoms. The number of nitrogens with one attached hydrogen (secondary N) is 1. The molecule has 2 rings (SSSR count). The van der Waals surface area contributed by atoms with Crippen LogP contribution < -0.4 is 5.32 Å². The van der Waals surface area contributed by atoms with E-state index in [2.05, 4.69) is 5.32 Å². The normalized spacial score (nSPS) is 18.8. The Morgan fingerprint density at radius 2 is 2.11 bits per heavy atom. The van der Waals surface area contributed by atoms with Gasteiger partial charge in [0.25, 0.3) is 0 Å². The number of hydrogen-bond donors (Lipinski definition) is 1. The standard InChI is InChI=1S/C14H17ClN2O2/c1-17(9-10-2-5-12(15)6-3-10)14(19)11-4-7-13(18)16-8-11/h2-3,5-6,11H,4,7-9H2,1H3,(H,16,18). The molecule has 1 aromatic rings. The lowest BCUT2D eigenvalue weighted by molar-refractivity contribution is -0.136. The van der Waals surface area contributed by atoms with E-state index in [0.717, 1.165) is 5.56 Å². The fourth-order valence-corrected chi connectivity index (χ4v) is 2.32. The fourth-order valence-electron chi connectivity index (χ4n) is 2.20. The molecule has 1 fully saturated rings. The third-order valence-corrected chi connectivity index (χ3v) is 3.58. The highest BCUT2D eigenvalue weighted by Crippen LogP contribution is 2.16. The van der Waals surface area contributed by atoms with Crippen molar-refractivity contribution in [2.45, 2.75) is 19.4 Å². The molecule has 0 aliphatic carbocycles. The second-order valence-electron chi connectivity index (χ2n) is 4.86. The van der Waals surface area contributed by atoms with Crippen molar-refractivity contribution >= 4 is 23.4 Å². The quantitative estimate of drug-likeness (QED) is 0.918. The zero-order valence-electron chi connectivity index (χ0n) is 10.9. The van der Waals surface area contributed by atoms with Gasteiger partial charge in [0.2, 0.25) is 11.8 Å². The van der Waals surface area contributed by atoms with Crippen molar-refractivity contribution in [3.63, 3.8) is 0 Å². The molecule has 1 saturated heterocycles. The maximum atomic E-state index is 12.2. The van der Waals surface area contributed by atoms with Crippen LogP contribution in [0.25, 0.3) is 0 Å². The highest BCUT2D eigenvalue weighted by molar-refractivity contribution is 6.30. The van der Waals surface area contributed by atoms with Gasteiger partial charge in [-0.25, -0.2) is 0 Å². The number of amides is 2. The highest BCUT2D eigenvalue weighted by atomic mass is 35.5. The van der Waals surface area contributed by atoms with E-state index in [4.69, 9.17) is 11.6 Å². The maximum absolute atomic E-state index is 12.2. The van der Waals surface area contributed by atoms with Gasteiger partial charge in [0.1, 0.15) is 0 Å². The van der Waals surface area contributed by atoms with Crippen molar-refractivity contribution in [2.75, 3.05) is 13.6 Å². The predicted octanol–water partition coefficient (Wildman–Crippen LogP) is 1.82. The van der Waals surface area contributed by atoms with Crippen LogP contribution in [0.2, 0.25) is 5.02 Å². The van der Waals surface area contributed by atoms with Crippen molar-refractivity contribution in [1.29, 1.82) is 0 Å². The number of rotatable bonds is 3. The minimum absolute atomic E-state index is 0.0319. The summed E-state index contributed by atoms with van der Waals surface area (Å²) in [5, 5.41) is 3.42. The topological polar surface area (TPSA) is 49.4 Å². The number of piperidine rings is 1. The van der Waals surface area contributed by atoms with Crippen LogP contribution in [-0.4, -0.2) is 30.3 Å². The molecule has 5 heteroatoms. The van der Waals surface area contributed by atoms with Crippen LogP contribution in [0.15, 0.2) is 24.3 Å². The molecular formula is C14H17ClN2O2. The number of halogens is 1. The maximum Gasteiger partial charge on any atom is 0.227 e. The summed E-state index contributed by atoms with van der Waals surface area (Å²) >= 11 is 5.83. The number of hydrogen-bond acceptors (Lipinski definition) is 2. The van der Waals surface area contributed by atoms with E-state index in [9.17, 15) is 9.59 Å². The van der Waals surface area contributed by atoms with E-state index in [-0.39, 0.29) is 17.7 Å². The molecular weight excluding hydrogens is 264 g/mol. The first kappa shape index (κ1) is 13.9. The second-order valence-corrected chi connectivity index (χ2v) is 5.30. The van der Waals surface area contributed by atoms with Crippen LogP contribution in [0, 0.1) is 5.92 Å². The smallest absolute Gasteiger partial charge is 0.227 e. The molecule has 102 valence electrons. The Kier molecular flexibility index (Phi) is 4.43. The second kappa shape index (κ2) is 6.06. The fraction of sp³-hybridized carbons (Fsp3) is 0.429. The summed E-state index contributed by atoms with van der Waals surface area (Å²) in [6, 6.07) is 7.45. The van der Waals surface area contributed by atoms with Crippen LogP contribution in [0.4, 0.5) is 0 Å². The van der Waals surface area contributed by atoms with Gasteiger partial charge < -0.3 is 10.2 Å². The van der Waals surface area contributed by atoms with Crippen molar-refractivity contribution in [1.82, 2.24) is 10.2 Å². The zero-order chi connectivity index (χ0) is 13.8. The summed E-state index contributed by atoms with van der Waals surface area (Å²) in [6.45, 7) is 1.00. The van der Waals surface area contributed by atoms with Gasteiger partial charge in [0, 0.05) is 31.6 Å². The first-order valence-corrected chi connectivity index (χ1v) is 6.70. The Morgan fingerprint density at radius 1 is 1.42 bits per heavy atom. The predicted molar refractivity (Wildman–Crippen MR) is 73.7 cm³/mol. The van der Waals surface area contributed by atoms with Crippen molar-refractivity contribution in [3.05, 3.63) is 34.9 Å². The Morgan fingerprint density at radius 3 is 2.68 bits per heavy atom. The van der Waals surface area contributed by atoms with Crippen LogP contribution in [0.3, 0.4) is 0 Å². The molecule has 1 heterocycles. The number of benzene rings is 1. The molecule has 2 amide bonds. The van der Waals surface area contributed by atoms with Gasteiger partial charge in [-0.3, -0.25) is 9.59 Å². The summed E-state index contributed by atoms with van der Waals surface area (Å²) in [6.07, 6.45) is 1.07. The Bertz CT molecular complexity index is 463. The Labute approximate surface area is 117 Å². The lowest BCUT2D eigenvalue weighted by Crippen LogP contribution is -2.43. The summed E-state index contributed by atoms with van der Waals surface area (Å²) in [5.74, 6) is 0.00866. The third-order valence-electron chi connectivity index (χ3n) is 3.32. The SMILES string of the molecule is CN(Cc1ccc(Cl)cc1)C(=O)C1CCC(=O)NC1. The van der Waals surface area contributed by atoms with Crippen LogP contribution in [-0.2, 0) is 16.1 Å². The van der Waals surface area contributed by atoms with Gasteiger partial charge >= 0.3 is 0 Å². The first-order valence-electron chi connectivity index (χ1n) is 6.32. The molecule has 0 aromatic heterocycles. The average molecular weight is 281 g/mol. The van der Waals surface area contributed by atoms with E-state index in [1.165, 1.54) is 0 Å². The van der Waals surface area contributed by atoms with Crippen molar-refractivity contribution in [2.24, 2.45) is 5.92 Å². The summed E-state index contributed by atoms with van der Waals surface area (Å²) in [4.78, 5) is 25.0. The first-order chi connectivity index (χ1) is 9.06. The average Bonchev–Trinajstić information content (AvgIpc) is 2.41. The Balaban J connectivity index is 1.92. The minimum Gasteiger partial charge on any atom is -0.355 e. The molecule has 1 unspecified atom stereocenters. The number of carbonyl (C=O) groups excluding carboxylic acids is 2. The molecule has 0 saturated carbocycles. The Hall–Kier alpha value is -1.55.